The lowest BCUT2D eigenvalue weighted by atomic mass is 9.98. The van der Waals surface area contributed by atoms with Gasteiger partial charge in [-0.05, 0) is 18.6 Å². The summed E-state index contributed by atoms with van der Waals surface area (Å²) < 4.78 is 4.14. The summed E-state index contributed by atoms with van der Waals surface area (Å²) in [6.07, 6.45) is 0.0930. The molecule has 7 heteroatoms. The van der Waals surface area contributed by atoms with Crippen LogP contribution in [0.2, 0.25) is 0 Å². The Morgan fingerprint density at radius 2 is 1.81 bits per heavy atom. The first kappa shape index (κ1) is 18.3. The van der Waals surface area contributed by atoms with E-state index in [4.69, 9.17) is 10.2 Å². The molecule has 7 nitrogen and oxygen atoms in total. The van der Waals surface area contributed by atoms with E-state index in [0.29, 0.717) is 0 Å². The maximum atomic E-state index is 10.9. The second-order valence-corrected chi connectivity index (χ2v) is 3.78. The molecule has 0 heterocycles. The number of methoxy groups -OCH3 is 1. The molecule has 0 amide bonds. The van der Waals surface area contributed by atoms with Crippen LogP contribution >= 0.6 is 0 Å². The second-order valence-electron chi connectivity index (χ2n) is 3.78. The zero-order valence-corrected chi connectivity index (χ0v) is 11.6. The summed E-state index contributed by atoms with van der Waals surface area (Å²) in [6, 6.07) is 3.98. The summed E-state index contributed by atoms with van der Waals surface area (Å²) in [5, 5.41) is 26.9. The zero-order valence-electron chi connectivity index (χ0n) is 11.6. The molecule has 0 aliphatic carbocycles. The lowest BCUT2D eigenvalue weighted by molar-refractivity contribution is -0.134. The monoisotopic (exact) mass is 296 g/mol. The van der Waals surface area contributed by atoms with E-state index in [1.54, 1.807) is 0 Å². The molecule has 0 aliphatic heterocycles. The van der Waals surface area contributed by atoms with E-state index in [0.717, 1.165) is 6.08 Å². The van der Waals surface area contributed by atoms with E-state index in [1.165, 1.54) is 32.2 Å². The van der Waals surface area contributed by atoms with Crippen molar-refractivity contribution < 1.29 is 34.4 Å². The van der Waals surface area contributed by atoms with Gasteiger partial charge in [-0.1, -0.05) is 18.7 Å². The zero-order chi connectivity index (χ0) is 16.6. The lowest BCUT2D eigenvalue weighted by Gasteiger charge is -2.10. The van der Waals surface area contributed by atoms with Crippen LogP contribution in [-0.4, -0.2) is 40.3 Å². The van der Waals surface area contributed by atoms with E-state index in [9.17, 15) is 19.5 Å². The highest BCUT2D eigenvalue weighted by molar-refractivity contribution is 6.02. The van der Waals surface area contributed by atoms with Crippen molar-refractivity contribution in [1.29, 1.82) is 0 Å². The third kappa shape index (κ3) is 5.45. The van der Waals surface area contributed by atoms with Crippen molar-refractivity contribution in [1.82, 2.24) is 0 Å². The van der Waals surface area contributed by atoms with Crippen LogP contribution in [0.4, 0.5) is 0 Å². The molecule has 0 aromatic heterocycles. The Balaban J connectivity index is 0.000000567. The van der Waals surface area contributed by atoms with Crippen LogP contribution in [-0.2, 0) is 9.53 Å². The standard InChI is InChI=1S/C10H10O5.C4H6O2/c1-5(11)6-3-2-4-7(9(12)13)8(6)10(14)15;1-3-4(5)6-2/h2-5,11H,1H3,(H,12,13)(H,14,15);3H,1H2,2H3. The van der Waals surface area contributed by atoms with Gasteiger partial charge in [0, 0.05) is 6.08 Å². The van der Waals surface area contributed by atoms with Crippen LogP contribution < -0.4 is 0 Å². The Labute approximate surface area is 121 Å². The molecular formula is C14H16O7. The minimum Gasteiger partial charge on any atom is -0.478 e. The SMILES string of the molecule is C=CC(=O)OC.CC(O)c1cccc(C(=O)O)c1C(=O)O. The number of aromatic carboxylic acids is 2. The summed E-state index contributed by atoms with van der Waals surface area (Å²) >= 11 is 0. The van der Waals surface area contributed by atoms with Crippen LogP contribution in [0.15, 0.2) is 30.9 Å². The lowest BCUT2D eigenvalue weighted by Crippen LogP contribution is -2.12. The van der Waals surface area contributed by atoms with Gasteiger partial charge in [-0.15, -0.1) is 0 Å². The van der Waals surface area contributed by atoms with E-state index in [2.05, 4.69) is 11.3 Å². The number of ether oxygens (including phenoxy) is 1. The second kappa shape index (κ2) is 8.49. The van der Waals surface area contributed by atoms with Gasteiger partial charge in [0.05, 0.1) is 24.3 Å². The van der Waals surface area contributed by atoms with Crippen molar-refractivity contribution in [2.75, 3.05) is 7.11 Å². The summed E-state index contributed by atoms with van der Waals surface area (Å²) in [7, 11) is 1.31. The van der Waals surface area contributed by atoms with E-state index in [1.807, 2.05) is 0 Å². The van der Waals surface area contributed by atoms with Gasteiger partial charge in [0.25, 0.3) is 0 Å². The molecule has 0 radical (unpaired) electrons. The maximum absolute atomic E-state index is 10.9. The number of hydrogen-bond donors (Lipinski definition) is 3. The third-order valence-corrected chi connectivity index (χ3v) is 2.36. The predicted molar refractivity (Wildman–Crippen MR) is 73.2 cm³/mol. The van der Waals surface area contributed by atoms with Crippen molar-refractivity contribution in [2.45, 2.75) is 13.0 Å². The number of carboxylic acid groups (broad SMARTS) is 2. The first-order valence-corrected chi connectivity index (χ1v) is 5.74. The highest BCUT2D eigenvalue weighted by Gasteiger charge is 2.21. The normalized spacial score (nSPS) is 10.6. The van der Waals surface area contributed by atoms with Crippen LogP contribution in [0.5, 0.6) is 0 Å². The average Bonchev–Trinajstić information content (AvgIpc) is 2.45. The number of rotatable bonds is 4. The first-order valence-electron chi connectivity index (χ1n) is 5.74. The molecular weight excluding hydrogens is 280 g/mol. The number of carboxylic acids is 2. The maximum Gasteiger partial charge on any atom is 0.336 e. The van der Waals surface area contributed by atoms with Gasteiger partial charge in [0.1, 0.15) is 0 Å². The quantitative estimate of drug-likeness (QED) is 0.568. The molecule has 0 spiro atoms. The van der Waals surface area contributed by atoms with Crippen LogP contribution in [0.3, 0.4) is 0 Å². The van der Waals surface area contributed by atoms with Gasteiger partial charge >= 0.3 is 17.9 Å². The number of carbonyl (C=O) groups excluding carboxylic acids is 1. The molecule has 0 saturated carbocycles. The highest BCUT2D eigenvalue weighted by atomic mass is 16.5. The number of hydrogen-bond acceptors (Lipinski definition) is 5. The predicted octanol–water partition coefficient (Wildman–Crippen LogP) is 1.48. The minimum absolute atomic E-state index is 0.0994. The van der Waals surface area contributed by atoms with E-state index in [-0.39, 0.29) is 16.7 Å². The summed E-state index contributed by atoms with van der Waals surface area (Å²) in [4.78, 5) is 31.5. The molecule has 0 bridgehead atoms. The van der Waals surface area contributed by atoms with Gasteiger partial charge in [-0.3, -0.25) is 0 Å². The number of carbonyl (C=O) groups is 3. The van der Waals surface area contributed by atoms with Crippen molar-refractivity contribution in [3.8, 4) is 0 Å². The topological polar surface area (TPSA) is 121 Å². The van der Waals surface area contributed by atoms with Gasteiger partial charge in [0.2, 0.25) is 0 Å². The fraction of sp³-hybridized carbons (Fsp3) is 0.214. The van der Waals surface area contributed by atoms with Gasteiger partial charge in [0.15, 0.2) is 0 Å². The van der Waals surface area contributed by atoms with Crippen molar-refractivity contribution >= 4 is 17.9 Å². The Bertz CT molecular complexity index is 546. The summed E-state index contributed by atoms with van der Waals surface area (Å²) in [6.45, 7) is 4.54. The molecule has 0 fully saturated rings. The molecule has 0 saturated heterocycles. The molecule has 21 heavy (non-hydrogen) atoms. The number of aliphatic hydroxyl groups excluding tert-OH is 1. The molecule has 1 aromatic rings. The first-order chi connectivity index (χ1) is 9.76. The van der Waals surface area contributed by atoms with Crippen LogP contribution in [0, 0.1) is 0 Å². The Morgan fingerprint density at radius 1 is 1.24 bits per heavy atom. The number of esters is 1. The molecule has 1 unspecified atom stereocenters. The van der Waals surface area contributed by atoms with Gasteiger partial charge < -0.3 is 20.1 Å². The van der Waals surface area contributed by atoms with E-state index < -0.39 is 24.0 Å². The molecule has 3 N–H and O–H groups in total. The van der Waals surface area contributed by atoms with E-state index >= 15 is 0 Å². The van der Waals surface area contributed by atoms with Crippen molar-refractivity contribution in [3.05, 3.63) is 47.5 Å². The molecule has 1 rings (SSSR count). The fourth-order valence-corrected chi connectivity index (χ4v) is 1.42. The van der Waals surface area contributed by atoms with Crippen molar-refractivity contribution in [2.24, 2.45) is 0 Å². The largest absolute Gasteiger partial charge is 0.478 e. The molecule has 114 valence electrons. The smallest absolute Gasteiger partial charge is 0.336 e. The fourth-order valence-electron chi connectivity index (χ4n) is 1.42. The van der Waals surface area contributed by atoms with Crippen LogP contribution in [0.1, 0.15) is 39.3 Å². The van der Waals surface area contributed by atoms with Gasteiger partial charge in [-0.25, -0.2) is 14.4 Å². The molecule has 1 atom stereocenters. The van der Waals surface area contributed by atoms with Crippen LogP contribution in [0.25, 0.3) is 0 Å². The number of aliphatic hydroxyl groups is 1. The van der Waals surface area contributed by atoms with Gasteiger partial charge in [-0.2, -0.15) is 0 Å². The summed E-state index contributed by atoms with van der Waals surface area (Å²) in [5.74, 6) is -3.08. The Kier molecular flexibility index (Phi) is 7.41. The Morgan fingerprint density at radius 3 is 2.10 bits per heavy atom. The Hall–Kier alpha value is -2.67. The third-order valence-electron chi connectivity index (χ3n) is 2.36. The van der Waals surface area contributed by atoms with Crippen molar-refractivity contribution in [3.63, 3.8) is 0 Å². The number of benzene rings is 1. The molecule has 1 aromatic carbocycles. The minimum atomic E-state index is -1.36. The average molecular weight is 296 g/mol. The molecule has 0 aliphatic rings. The highest BCUT2D eigenvalue weighted by Crippen LogP contribution is 2.21. The summed E-state index contributed by atoms with van der Waals surface area (Å²) in [5.41, 5.74) is -0.580.